The fraction of sp³-hybridized carbons (Fsp3) is 0.680. The van der Waals surface area contributed by atoms with Gasteiger partial charge in [0.25, 0.3) is 0 Å². The zero-order valence-electron chi connectivity index (χ0n) is 20.0. The van der Waals surface area contributed by atoms with Gasteiger partial charge in [-0.3, -0.25) is 19.3 Å². The minimum Gasteiger partial charge on any atom is -0.298 e. The number of piperidine rings is 1. The monoisotopic (exact) mass is 436 g/mol. The van der Waals surface area contributed by atoms with Crippen LogP contribution < -0.4 is 4.90 Å². The van der Waals surface area contributed by atoms with Gasteiger partial charge in [-0.05, 0) is 72.3 Å². The minimum atomic E-state index is 0.234. The van der Waals surface area contributed by atoms with E-state index in [9.17, 15) is 4.79 Å². The largest absolute Gasteiger partial charge is 0.298 e. The maximum absolute atomic E-state index is 12.7. The molecule has 0 unspecified atom stereocenters. The fourth-order valence-electron chi connectivity index (χ4n) is 5.44. The van der Waals surface area contributed by atoms with E-state index in [2.05, 4.69) is 37.3 Å². The highest BCUT2D eigenvalue weighted by molar-refractivity contribution is 5.95. The van der Waals surface area contributed by atoms with E-state index in [0.29, 0.717) is 18.3 Å². The van der Waals surface area contributed by atoms with E-state index in [1.165, 1.54) is 29.7 Å². The van der Waals surface area contributed by atoms with Crippen LogP contribution in [0.3, 0.4) is 0 Å². The van der Waals surface area contributed by atoms with E-state index < -0.39 is 0 Å². The lowest BCUT2D eigenvalue weighted by Gasteiger charge is -2.34. The molecule has 3 aliphatic rings. The number of carbonyl (C=O) groups is 1. The van der Waals surface area contributed by atoms with Crippen molar-refractivity contribution in [3.8, 4) is 0 Å². The third-order valence-corrected chi connectivity index (χ3v) is 7.58. The molecule has 0 radical (unpaired) electrons. The Morgan fingerprint density at radius 2 is 1.84 bits per heavy atom. The second-order valence-corrected chi connectivity index (χ2v) is 9.96. The molecule has 4 heterocycles. The summed E-state index contributed by atoms with van der Waals surface area (Å²) in [5.74, 6) is 3.04. The summed E-state index contributed by atoms with van der Waals surface area (Å²) in [6.45, 7) is 13.3. The van der Waals surface area contributed by atoms with Crippen LogP contribution in [0.4, 0.5) is 5.82 Å². The first-order chi connectivity index (χ1) is 15.4. The number of amides is 1. The number of hydrogen-bond donors (Lipinski definition) is 0. The van der Waals surface area contributed by atoms with Gasteiger partial charge in [0.1, 0.15) is 11.6 Å². The number of fused-ring (bicyclic) bond motifs is 1. The quantitative estimate of drug-likeness (QED) is 0.691. The van der Waals surface area contributed by atoms with E-state index in [1.54, 1.807) is 0 Å². The summed E-state index contributed by atoms with van der Waals surface area (Å²) in [6.07, 6.45) is 6.09. The summed E-state index contributed by atoms with van der Waals surface area (Å²) in [4.78, 5) is 27.2. The Balaban J connectivity index is 1.38. The van der Waals surface area contributed by atoms with Crippen molar-refractivity contribution in [3.63, 3.8) is 0 Å². The summed E-state index contributed by atoms with van der Waals surface area (Å²) in [7, 11) is 0. The Hall–Kier alpha value is -2.28. The Morgan fingerprint density at radius 1 is 1.03 bits per heavy atom. The smallest absolute Gasteiger partial charge is 0.228 e. The molecule has 2 aromatic heterocycles. The van der Waals surface area contributed by atoms with Crippen LogP contribution in [0.25, 0.3) is 0 Å². The van der Waals surface area contributed by atoms with Gasteiger partial charge in [-0.2, -0.15) is 5.10 Å². The van der Waals surface area contributed by atoms with Crippen molar-refractivity contribution in [3.05, 3.63) is 34.0 Å². The van der Waals surface area contributed by atoms with Crippen LogP contribution in [-0.4, -0.2) is 50.2 Å². The number of carbonyl (C=O) groups excluding carboxylic acids is 1. The van der Waals surface area contributed by atoms with E-state index in [4.69, 9.17) is 15.1 Å². The Labute approximate surface area is 191 Å². The fourth-order valence-corrected chi connectivity index (χ4v) is 5.44. The van der Waals surface area contributed by atoms with Gasteiger partial charge in [-0.25, -0.2) is 9.97 Å². The van der Waals surface area contributed by atoms with Gasteiger partial charge in [-0.15, -0.1) is 0 Å². The van der Waals surface area contributed by atoms with Crippen molar-refractivity contribution in [1.29, 1.82) is 0 Å². The summed E-state index contributed by atoms with van der Waals surface area (Å²) in [5.41, 5.74) is 6.02. The van der Waals surface area contributed by atoms with Crippen molar-refractivity contribution in [2.45, 2.75) is 85.2 Å². The third kappa shape index (κ3) is 4.07. The highest BCUT2D eigenvalue weighted by Crippen LogP contribution is 2.36. The molecule has 7 nitrogen and oxygen atoms in total. The van der Waals surface area contributed by atoms with Gasteiger partial charge in [0.2, 0.25) is 5.91 Å². The van der Waals surface area contributed by atoms with E-state index in [0.717, 1.165) is 75.0 Å². The molecule has 0 bridgehead atoms. The van der Waals surface area contributed by atoms with E-state index in [1.807, 2.05) is 4.90 Å². The number of hydrogen-bond acceptors (Lipinski definition) is 5. The van der Waals surface area contributed by atoms with Gasteiger partial charge in [0.15, 0.2) is 0 Å². The van der Waals surface area contributed by atoms with Crippen LogP contribution in [0.15, 0.2) is 0 Å². The first-order valence-electron chi connectivity index (χ1n) is 12.4. The maximum atomic E-state index is 12.7. The second-order valence-electron chi connectivity index (χ2n) is 9.96. The molecule has 0 spiro atoms. The normalized spacial score (nSPS) is 21.8. The summed E-state index contributed by atoms with van der Waals surface area (Å²) >= 11 is 0. The molecule has 1 saturated heterocycles. The first-order valence-corrected chi connectivity index (χ1v) is 12.4. The van der Waals surface area contributed by atoms with E-state index >= 15 is 0 Å². The lowest BCUT2D eigenvalue weighted by atomic mass is 9.95. The molecule has 32 heavy (non-hydrogen) atoms. The summed E-state index contributed by atoms with van der Waals surface area (Å²) < 4.78 is 2.10. The van der Waals surface area contributed by atoms with Crippen molar-refractivity contribution in [2.24, 2.45) is 5.92 Å². The van der Waals surface area contributed by atoms with Crippen molar-refractivity contribution >= 4 is 11.7 Å². The van der Waals surface area contributed by atoms with Crippen molar-refractivity contribution in [1.82, 2.24) is 24.6 Å². The van der Waals surface area contributed by atoms with Crippen LogP contribution in [0, 0.1) is 26.7 Å². The Morgan fingerprint density at radius 3 is 2.56 bits per heavy atom. The molecule has 0 N–H and O–H groups in total. The van der Waals surface area contributed by atoms with Crippen LogP contribution in [0.5, 0.6) is 0 Å². The number of nitrogens with zero attached hydrogens (tertiary/aromatic N) is 6. The Bertz CT molecular complexity index is 1020. The topological polar surface area (TPSA) is 67.2 Å². The zero-order valence-corrected chi connectivity index (χ0v) is 20.0. The molecule has 2 aromatic rings. The highest BCUT2D eigenvalue weighted by atomic mass is 16.2. The number of likely N-dealkylation sites (tertiary alicyclic amines) is 1. The standard InChI is InChI=1S/C25H36N6O/c1-5-31-18(4)22(17(3)28-31)15-29-12-6-7-20(14-29)24-26-16(2)21-10-11-23(32)30(25(21)27-24)13-19-8-9-19/h19-20H,5-15H2,1-4H3/t20-/m0/s1. The average Bonchev–Trinajstić information content (AvgIpc) is 3.57. The van der Waals surface area contributed by atoms with Crippen LogP contribution >= 0.6 is 0 Å². The number of aromatic nitrogens is 4. The predicted molar refractivity (Wildman–Crippen MR) is 125 cm³/mol. The van der Waals surface area contributed by atoms with Crippen LogP contribution in [-0.2, 0) is 24.3 Å². The van der Waals surface area contributed by atoms with E-state index in [-0.39, 0.29) is 5.91 Å². The number of aryl methyl sites for hydroxylation is 3. The molecule has 172 valence electrons. The van der Waals surface area contributed by atoms with Gasteiger partial charge in [0, 0.05) is 61.0 Å². The molecular weight excluding hydrogens is 400 g/mol. The number of rotatable bonds is 6. The highest BCUT2D eigenvalue weighted by Gasteiger charge is 2.34. The third-order valence-electron chi connectivity index (χ3n) is 7.58. The zero-order chi connectivity index (χ0) is 22.4. The molecule has 1 amide bonds. The molecule has 5 rings (SSSR count). The molecule has 0 aromatic carbocycles. The van der Waals surface area contributed by atoms with Gasteiger partial charge < -0.3 is 0 Å². The molecule has 7 heteroatoms. The second kappa shape index (κ2) is 8.58. The van der Waals surface area contributed by atoms with Crippen molar-refractivity contribution < 1.29 is 4.79 Å². The predicted octanol–water partition coefficient (Wildman–Crippen LogP) is 3.69. The van der Waals surface area contributed by atoms with Crippen LogP contribution in [0.2, 0.25) is 0 Å². The number of anilines is 1. The molecule has 1 saturated carbocycles. The van der Waals surface area contributed by atoms with Gasteiger partial charge >= 0.3 is 0 Å². The molecule has 1 atom stereocenters. The average molecular weight is 437 g/mol. The minimum absolute atomic E-state index is 0.234. The maximum Gasteiger partial charge on any atom is 0.228 e. The van der Waals surface area contributed by atoms with Crippen molar-refractivity contribution in [2.75, 3.05) is 24.5 Å². The first kappa shape index (κ1) is 21.6. The lowest BCUT2D eigenvalue weighted by Crippen LogP contribution is -2.39. The summed E-state index contributed by atoms with van der Waals surface area (Å²) in [5, 5.41) is 4.70. The summed E-state index contributed by atoms with van der Waals surface area (Å²) in [6, 6.07) is 0. The molecular formula is C25H36N6O. The van der Waals surface area contributed by atoms with Gasteiger partial charge in [-0.1, -0.05) is 0 Å². The van der Waals surface area contributed by atoms with Gasteiger partial charge in [0.05, 0.1) is 5.69 Å². The molecule has 2 fully saturated rings. The Kier molecular flexibility index (Phi) is 5.78. The lowest BCUT2D eigenvalue weighted by molar-refractivity contribution is -0.119. The molecule has 1 aliphatic carbocycles. The SMILES string of the molecule is CCn1nc(C)c(CN2CCC[C@H](c3nc(C)c4c(n3)N(CC3CC3)C(=O)CC4)C2)c1C. The molecule has 2 aliphatic heterocycles. The van der Waals surface area contributed by atoms with Crippen LogP contribution in [0.1, 0.15) is 79.0 Å².